The summed E-state index contributed by atoms with van der Waals surface area (Å²) in [6.07, 6.45) is 0.131. The molecule has 0 aliphatic carbocycles. The average molecular weight is 328 g/mol. The van der Waals surface area contributed by atoms with Gasteiger partial charge in [0.15, 0.2) is 0 Å². The molecule has 3 rings (SSSR count). The van der Waals surface area contributed by atoms with E-state index >= 15 is 0 Å². The van der Waals surface area contributed by atoms with Crippen LogP contribution in [0.15, 0.2) is 48.5 Å². The first-order chi connectivity index (χ1) is 11.7. The number of rotatable bonds is 7. The first-order valence-electron chi connectivity index (χ1n) is 7.85. The quantitative estimate of drug-likeness (QED) is 0.572. The van der Waals surface area contributed by atoms with Crippen molar-refractivity contribution in [3.63, 3.8) is 0 Å². The molecule has 5 heteroatoms. The van der Waals surface area contributed by atoms with Gasteiger partial charge in [0, 0.05) is 5.56 Å². The smallest absolute Gasteiger partial charge is 0.337 e. The van der Waals surface area contributed by atoms with E-state index in [1.165, 1.54) is 7.11 Å². The number of hydrogen-bond acceptors (Lipinski definition) is 5. The number of carbonyl (C=O) groups excluding carboxylic acids is 1. The van der Waals surface area contributed by atoms with E-state index in [-0.39, 0.29) is 18.2 Å². The van der Waals surface area contributed by atoms with E-state index in [1.807, 2.05) is 31.2 Å². The lowest BCUT2D eigenvalue weighted by Gasteiger charge is -2.17. The summed E-state index contributed by atoms with van der Waals surface area (Å²) in [5.74, 6) is 1.01. The van der Waals surface area contributed by atoms with Crippen molar-refractivity contribution < 1.29 is 23.7 Å². The third-order valence-electron chi connectivity index (χ3n) is 3.79. The number of benzene rings is 2. The number of hydrogen-bond donors (Lipinski definition) is 0. The van der Waals surface area contributed by atoms with Gasteiger partial charge in [-0.25, -0.2) is 4.79 Å². The highest BCUT2D eigenvalue weighted by Gasteiger charge is 2.24. The fourth-order valence-corrected chi connectivity index (χ4v) is 2.32. The lowest BCUT2D eigenvalue weighted by Crippen LogP contribution is -2.07. The van der Waals surface area contributed by atoms with Crippen molar-refractivity contribution in [1.82, 2.24) is 0 Å². The Hall–Kier alpha value is -2.37. The minimum absolute atomic E-state index is 0.0975. The maximum Gasteiger partial charge on any atom is 0.337 e. The molecule has 126 valence electrons. The van der Waals surface area contributed by atoms with Crippen LogP contribution < -0.4 is 4.74 Å². The van der Waals surface area contributed by atoms with Gasteiger partial charge in [-0.15, -0.1) is 0 Å². The average Bonchev–Trinajstić information content (AvgIpc) is 3.44. The summed E-state index contributed by atoms with van der Waals surface area (Å²) < 4.78 is 21.6. The topological polar surface area (TPSA) is 57.3 Å². The summed E-state index contributed by atoms with van der Waals surface area (Å²) in [5, 5.41) is 0. The number of methoxy groups -OCH3 is 1. The van der Waals surface area contributed by atoms with Crippen LogP contribution in [0.25, 0.3) is 0 Å². The number of para-hydroxylation sites is 1. The zero-order chi connectivity index (χ0) is 16.9. The lowest BCUT2D eigenvalue weighted by atomic mass is 10.1. The molecule has 24 heavy (non-hydrogen) atoms. The summed E-state index contributed by atoms with van der Waals surface area (Å²) in [5.41, 5.74) is 1.45. The zero-order valence-corrected chi connectivity index (χ0v) is 13.7. The third kappa shape index (κ3) is 4.13. The van der Waals surface area contributed by atoms with Crippen LogP contribution in [-0.4, -0.2) is 32.4 Å². The molecule has 1 aliphatic rings. The standard InChI is InChI=1S/C19H20O5/c1-13(22-11-16-12-23-16)17-5-3-4-6-18(17)24-15-9-7-14(8-10-15)19(20)21-2/h3-10,13,16H,11-12H2,1-2H3/t13-,16?/m1/s1. The minimum atomic E-state index is -0.369. The van der Waals surface area contributed by atoms with Crippen LogP contribution in [0.1, 0.15) is 28.9 Å². The fraction of sp³-hybridized carbons (Fsp3) is 0.316. The highest BCUT2D eigenvalue weighted by Crippen LogP contribution is 2.31. The van der Waals surface area contributed by atoms with Gasteiger partial charge in [0.05, 0.1) is 32.0 Å². The van der Waals surface area contributed by atoms with Crippen LogP contribution >= 0.6 is 0 Å². The van der Waals surface area contributed by atoms with Gasteiger partial charge >= 0.3 is 5.97 Å². The van der Waals surface area contributed by atoms with Gasteiger partial charge in [-0.05, 0) is 37.3 Å². The molecule has 0 N–H and O–H groups in total. The Labute approximate surface area is 141 Å². The van der Waals surface area contributed by atoms with Crippen LogP contribution in [-0.2, 0) is 14.2 Å². The summed E-state index contributed by atoms with van der Waals surface area (Å²) in [4.78, 5) is 11.5. The summed E-state index contributed by atoms with van der Waals surface area (Å²) in [6.45, 7) is 3.35. The molecule has 2 atom stereocenters. The monoisotopic (exact) mass is 328 g/mol. The molecular formula is C19H20O5. The summed E-state index contributed by atoms with van der Waals surface area (Å²) in [7, 11) is 1.36. The summed E-state index contributed by atoms with van der Waals surface area (Å²) in [6, 6.07) is 14.6. The Balaban J connectivity index is 1.71. The van der Waals surface area contributed by atoms with Crippen LogP contribution in [0.5, 0.6) is 11.5 Å². The number of carbonyl (C=O) groups is 1. The van der Waals surface area contributed by atoms with E-state index in [0.29, 0.717) is 17.9 Å². The predicted molar refractivity (Wildman–Crippen MR) is 88.4 cm³/mol. The molecule has 0 bridgehead atoms. The van der Waals surface area contributed by atoms with E-state index in [0.717, 1.165) is 17.9 Å². The Morgan fingerprint density at radius 3 is 2.58 bits per heavy atom. The molecule has 2 aromatic carbocycles. The van der Waals surface area contributed by atoms with E-state index < -0.39 is 0 Å². The van der Waals surface area contributed by atoms with E-state index in [1.54, 1.807) is 24.3 Å². The lowest BCUT2D eigenvalue weighted by molar-refractivity contribution is 0.0527. The molecule has 2 aromatic rings. The van der Waals surface area contributed by atoms with E-state index in [9.17, 15) is 4.79 Å². The molecule has 0 spiro atoms. The molecule has 0 radical (unpaired) electrons. The molecule has 1 heterocycles. The Morgan fingerprint density at radius 1 is 1.21 bits per heavy atom. The van der Waals surface area contributed by atoms with Crippen molar-refractivity contribution in [3.8, 4) is 11.5 Å². The first-order valence-corrected chi connectivity index (χ1v) is 7.85. The molecule has 1 fully saturated rings. The van der Waals surface area contributed by atoms with Crippen LogP contribution in [0.4, 0.5) is 0 Å². The zero-order valence-electron chi connectivity index (χ0n) is 13.7. The largest absolute Gasteiger partial charge is 0.465 e. The molecule has 1 unspecified atom stereocenters. The van der Waals surface area contributed by atoms with Gasteiger partial charge in [-0.3, -0.25) is 0 Å². The third-order valence-corrected chi connectivity index (χ3v) is 3.79. The maximum atomic E-state index is 11.5. The van der Waals surface area contributed by atoms with Gasteiger partial charge < -0.3 is 18.9 Å². The number of epoxide rings is 1. The maximum absolute atomic E-state index is 11.5. The number of esters is 1. The Morgan fingerprint density at radius 2 is 1.92 bits per heavy atom. The molecule has 1 aliphatic heterocycles. The van der Waals surface area contributed by atoms with Gasteiger partial charge in [-0.1, -0.05) is 18.2 Å². The second-order valence-electron chi connectivity index (χ2n) is 5.59. The van der Waals surface area contributed by atoms with Crippen molar-refractivity contribution >= 4 is 5.97 Å². The van der Waals surface area contributed by atoms with Crippen LogP contribution in [0.3, 0.4) is 0 Å². The summed E-state index contributed by atoms with van der Waals surface area (Å²) >= 11 is 0. The van der Waals surface area contributed by atoms with Crippen molar-refractivity contribution in [1.29, 1.82) is 0 Å². The van der Waals surface area contributed by atoms with Gasteiger partial charge in [0.1, 0.15) is 17.6 Å². The molecular weight excluding hydrogens is 308 g/mol. The molecule has 5 nitrogen and oxygen atoms in total. The van der Waals surface area contributed by atoms with Crippen molar-refractivity contribution in [2.75, 3.05) is 20.3 Å². The Kier molecular flexibility index (Phi) is 5.13. The molecule has 1 saturated heterocycles. The number of ether oxygens (including phenoxy) is 4. The van der Waals surface area contributed by atoms with Crippen molar-refractivity contribution in [2.45, 2.75) is 19.1 Å². The molecule has 0 saturated carbocycles. The van der Waals surface area contributed by atoms with E-state index in [4.69, 9.17) is 14.2 Å². The fourth-order valence-electron chi connectivity index (χ4n) is 2.32. The Bertz CT molecular complexity index is 691. The highest BCUT2D eigenvalue weighted by atomic mass is 16.6. The van der Waals surface area contributed by atoms with Crippen LogP contribution in [0, 0.1) is 0 Å². The highest BCUT2D eigenvalue weighted by molar-refractivity contribution is 5.89. The molecule has 0 amide bonds. The second-order valence-corrected chi connectivity index (χ2v) is 5.59. The van der Waals surface area contributed by atoms with Crippen LogP contribution in [0.2, 0.25) is 0 Å². The van der Waals surface area contributed by atoms with E-state index in [2.05, 4.69) is 4.74 Å². The predicted octanol–water partition coefficient (Wildman–Crippen LogP) is 3.74. The van der Waals surface area contributed by atoms with Crippen molar-refractivity contribution in [2.24, 2.45) is 0 Å². The normalized spacial score (nSPS) is 17.2. The second kappa shape index (κ2) is 7.47. The first kappa shape index (κ1) is 16.5. The SMILES string of the molecule is COC(=O)c1ccc(Oc2ccccc2[C@@H](C)OCC2CO2)cc1. The van der Waals surface area contributed by atoms with Crippen molar-refractivity contribution in [3.05, 3.63) is 59.7 Å². The van der Waals surface area contributed by atoms with Gasteiger partial charge in [0.25, 0.3) is 0 Å². The van der Waals surface area contributed by atoms with Gasteiger partial charge in [-0.2, -0.15) is 0 Å². The van der Waals surface area contributed by atoms with Gasteiger partial charge in [0.2, 0.25) is 0 Å². The molecule has 0 aromatic heterocycles. The minimum Gasteiger partial charge on any atom is -0.465 e.